The lowest BCUT2D eigenvalue weighted by molar-refractivity contribution is -0.901. The van der Waals surface area contributed by atoms with Gasteiger partial charge in [-0.25, -0.2) is 9.97 Å². The average Bonchev–Trinajstić information content (AvgIpc) is 3.23. The maximum atomic E-state index is 4.46. The number of nitrogens with one attached hydrogen (secondary N) is 2. The average molecular weight is 354 g/mol. The van der Waals surface area contributed by atoms with Crippen molar-refractivity contribution in [2.75, 3.05) is 18.4 Å². The summed E-state index contributed by atoms with van der Waals surface area (Å²) < 4.78 is 0. The van der Waals surface area contributed by atoms with E-state index in [0.717, 1.165) is 23.7 Å². The monoisotopic (exact) mass is 353 g/mol. The van der Waals surface area contributed by atoms with Crippen LogP contribution in [0.1, 0.15) is 34.4 Å². The Hall–Kier alpha value is -1.98. The van der Waals surface area contributed by atoms with E-state index in [9.17, 15) is 0 Å². The first-order chi connectivity index (χ1) is 12.2. The third kappa shape index (κ3) is 3.53. The number of fused-ring (bicyclic) bond motifs is 1. The highest BCUT2D eigenvalue weighted by atomic mass is 32.1. The molecule has 3 heterocycles. The van der Waals surface area contributed by atoms with Crippen LogP contribution in [0, 0.1) is 13.8 Å². The fourth-order valence-corrected chi connectivity index (χ4v) is 4.61. The molecule has 1 aliphatic heterocycles. The lowest BCUT2D eigenvalue weighted by Gasteiger charge is -2.12. The molecule has 1 aromatic carbocycles. The molecule has 0 bridgehead atoms. The Labute approximate surface area is 152 Å². The number of benzene rings is 1. The summed E-state index contributed by atoms with van der Waals surface area (Å²) in [6, 6.07) is 9.03. The van der Waals surface area contributed by atoms with Crippen molar-refractivity contribution in [1.82, 2.24) is 9.97 Å². The zero-order chi connectivity index (χ0) is 17.2. The molecule has 25 heavy (non-hydrogen) atoms. The second kappa shape index (κ2) is 7.10. The number of nitrogens with zero attached hydrogens (tertiary/aromatic N) is 2. The molecule has 1 fully saturated rings. The van der Waals surface area contributed by atoms with Crippen molar-refractivity contribution in [2.45, 2.75) is 39.8 Å². The van der Waals surface area contributed by atoms with E-state index in [0.29, 0.717) is 0 Å². The summed E-state index contributed by atoms with van der Waals surface area (Å²) in [5, 5.41) is 4.67. The molecule has 130 valence electrons. The number of hydrogen-bond donors (Lipinski definition) is 2. The lowest BCUT2D eigenvalue weighted by Crippen LogP contribution is -3.08. The molecule has 3 aromatic rings. The summed E-state index contributed by atoms with van der Waals surface area (Å²) in [5.74, 6) is 0.942. The van der Waals surface area contributed by atoms with Crippen molar-refractivity contribution >= 4 is 27.4 Å². The zero-order valence-electron chi connectivity index (χ0n) is 14.9. The summed E-state index contributed by atoms with van der Waals surface area (Å²) in [6.45, 7) is 8.90. The van der Waals surface area contributed by atoms with Gasteiger partial charge in [0.05, 0.1) is 18.5 Å². The molecular formula is C20H25N4S+. The van der Waals surface area contributed by atoms with Gasteiger partial charge in [-0.15, -0.1) is 11.3 Å². The summed E-state index contributed by atoms with van der Waals surface area (Å²) in [5.41, 5.74) is 4.01. The first kappa shape index (κ1) is 16.5. The van der Waals surface area contributed by atoms with Crippen molar-refractivity contribution in [3.63, 3.8) is 0 Å². The Kier molecular flexibility index (Phi) is 4.68. The number of quaternary nitrogens is 1. The first-order valence-corrected chi connectivity index (χ1v) is 9.88. The fourth-order valence-electron chi connectivity index (χ4n) is 3.62. The van der Waals surface area contributed by atoms with Crippen molar-refractivity contribution in [3.8, 4) is 0 Å². The van der Waals surface area contributed by atoms with Crippen molar-refractivity contribution < 1.29 is 4.90 Å². The van der Waals surface area contributed by atoms with Gasteiger partial charge < -0.3 is 10.2 Å². The smallest absolute Gasteiger partial charge is 0.138 e. The van der Waals surface area contributed by atoms with Crippen LogP contribution < -0.4 is 10.2 Å². The largest absolute Gasteiger partial charge is 0.365 e. The van der Waals surface area contributed by atoms with Crippen LogP contribution >= 0.6 is 11.3 Å². The molecule has 4 rings (SSSR count). The second-order valence-electron chi connectivity index (χ2n) is 6.99. The number of aryl methyl sites for hydroxylation is 2. The van der Waals surface area contributed by atoms with Crippen LogP contribution in [-0.2, 0) is 13.1 Å². The van der Waals surface area contributed by atoms with Crippen LogP contribution in [0.25, 0.3) is 10.2 Å². The molecular weight excluding hydrogens is 328 g/mol. The Morgan fingerprint density at radius 1 is 1.04 bits per heavy atom. The summed E-state index contributed by atoms with van der Waals surface area (Å²) >= 11 is 1.74. The van der Waals surface area contributed by atoms with E-state index in [1.54, 1.807) is 22.6 Å². The summed E-state index contributed by atoms with van der Waals surface area (Å²) in [7, 11) is 0. The highest BCUT2D eigenvalue weighted by molar-refractivity contribution is 7.18. The van der Waals surface area contributed by atoms with Gasteiger partial charge >= 0.3 is 0 Å². The van der Waals surface area contributed by atoms with Gasteiger partial charge in [-0.3, -0.25) is 0 Å². The molecule has 0 saturated carbocycles. The Bertz CT molecular complexity index is 863. The number of likely N-dealkylation sites (tertiary alicyclic amines) is 1. The van der Waals surface area contributed by atoms with Gasteiger partial charge in [-0.05, 0) is 25.0 Å². The second-order valence-corrected chi connectivity index (χ2v) is 8.19. The minimum Gasteiger partial charge on any atom is -0.365 e. The molecule has 0 atom stereocenters. The van der Waals surface area contributed by atoms with Crippen molar-refractivity contribution in [3.05, 3.63) is 52.2 Å². The molecule has 2 aromatic heterocycles. The highest BCUT2D eigenvalue weighted by Gasteiger charge is 2.15. The van der Waals surface area contributed by atoms with E-state index < -0.39 is 0 Å². The van der Waals surface area contributed by atoms with Crippen molar-refractivity contribution in [1.29, 1.82) is 0 Å². The van der Waals surface area contributed by atoms with Crippen LogP contribution in [0.3, 0.4) is 0 Å². The molecule has 0 unspecified atom stereocenters. The van der Waals surface area contributed by atoms with E-state index in [-0.39, 0.29) is 0 Å². The van der Waals surface area contributed by atoms with Crippen LogP contribution in [0.4, 0.5) is 5.82 Å². The number of anilines is 1. The first-order valence-electron chi connectivity index (χ1n) is 9.06. The van der Waals surface area contributed by atoms with Crippen molar-refractivity contribution in [2.24, 2.45) is 0 Å². The Balaban J connectivity index is 1.44. The number of hydrogen-bond acceptors (Lipinski definition) is 4. The normalized spacial score (nSPS) is 15.1. The van der Waals surface area contributed by atoms with Gasteiger partial charge in [-0.1, -0.05) is 24.3 Å². The minimum absolute atomic E-state index is 0.789. The Morgan fingerprint density at radius 2 is 1.76 bits per heavy atom. The van der Waals surface area contributed by atoms with Gasteiger partial charge in [0.25, 0.3) is 0 Å². The molecule has 0 radical (unpaired) electrons. The molecule has 1 saturated heterocycles. The molecule has 5 heteroatoms. The van der Waals surface area contributed by atoms with Crippen LogP contribution in [0.2, 0.25) is 0 Å². The van der Waals surface area contributed by atoms with Gasteiger partial charge in [-0.2, -0.15) is 0 Å². The predicted molar refractivity (Wildman–Crippen MR) is 104 cm³/mol. The third-order valence-corrected chi connectivity index (χ3v) is 6.33. The lowest BCUT2D eigenvalue weighted by atomic mass is 10.1. The van der Waals surface area contributed by atoms with E-state index in [4.69, 9.17) is 0 Å². The molecule has 0 aliphatic carbocycles. The van der Waals surface area contributed by atoms with Gasteiger partial charge in [0.1, 0.15) is 23.5 Å². The highest BCUT2D eigenvalue weighted by Crippen LogP contribution is 2.32. The fraction of sp³-hybridized carbons (Fsp3) is 0.400. The van der Waals surface area contributed by atoms with Gasteiger partial charge in [0.15, 0.2) is 0 Å². The zero-order valence-corrected chi connectivity index (χ0v) is 15.7. The maximum absolute atomic E-state index is 4.46. The number of aromatic nitrogens is 2. The maximum Gasteiger partial charge on any atom is 0.138 e. The summed E-state index contributed by atoms with van der Waals surface area (Å²) in [6.07, 6.45) is 4.42. The van der Waals surface area contributed by atoms with Crippen LogP contribution in [0.15, 0.2) is 30.6 Å². The van der Waals surface area contributed by atoms with Gasteiger partial charge in [0.2, 0.25) is 0 Å². The Morgan fingerprint density at radius 3 is 2.52 bits per heavy atom. The minimum atomic E-state index is 0.789. The molecule has 4 nitrogen and oxygen atoms in total. The van der Waals surface area contributed by atoms with E-state index in [1.165, 1.54) is 52.9 Å². The molecule has 2 N–H and O–H groups in total. The van der Waals surface area contributed by atoms with E-state index in [1.807, 2.05) is 0 Å². The molecule has 1 aliphatic rings. The molecule has 0 spiro atoms. The quantitative estimate of drug-likeness (QED) is 0.741. The van der Waals surface area contributed by atoms with Crippen LogP contribution in [0.5, 0.6) is 0 Å². The van der Waals surface area contributed by atoms with Gasteiger partial charge in [0, 0.05) is 29.8 Å². The molecule has 0 amide bonds. The standard InChI is InChI=1S/C20H24N4S/c1-14-15(2)25-20-18(14)19(22-13-23-20)21-11-16-5-7-17(8-6-16)12-24-9-3-4-10-24/h5-8,13H,3-4,9-12H2,1-2H3,(H,21,22,23)/p+1. The van der Waals surface area contributed by atoms with E-state index in [2.05, 4.69) is 53.4 Å². The SMILES string of the molecule is Cc1sc2ncnc(NCc3ccc(C[NH+]4CCCC4)cc3)c2c1C. The predicted octanol–water partition coefficient (Wildman–Crippen LogP) is 3.10. The number of rotatable bonds is 5. The third-order valence-electron chi connectivity index (χ3n) is 5.21. The topological polar surface area (TPSA) is 42.2 Å². The van der Waals surface area contributed by atoms with E-state index >= 15 is 0 Å². The number of thiophene rings is 1. The summed E-state index contributed by atoms with van der Waals surface area (Å²) in [4.78, 5) is 13.0. The van der Waals surface area contributed by atoms with Crippen LogP contribution in [-0.4, -0.2) is 23.1 Å².